The average molecular weight is 217 g/mol. The van der Waals surface area contributed by atoms with E-state index in [4.69, 9.17) is 4.74 Å². The first kappa shape index (κ1) is 10.4. The Kier molecular flexibility index (Phi) is 2.95. The highest BCUT2D eigenvalue weighted by Crippen LogP contribution is 2.18. The lowest BCUT2D eigenvalue weighted by atomic mass is 10.2. The van der Waals surface area contributed by atoms with Gasteiger partial charge in [-0.15, -0.1) is 5.10 Å². The van der Waals surface area contributed by atoms with Crippen LogP contribution in [0.4, 0.5) is 0 Å². The van der Waals surface area contributed by atoms with Gasteiger partial charge in [-0.2, -0.15) is 0 Å². The number of esters is 1. The van der Waals surface area contributed by atoms with Gasteiger partial charge in [0.1, 0.15) is 0 Å². The van der Waals surface area contributed by atoms with Crippen molar-refractivity contribution >= 4 is 5.97 Å². The molecule has 0 bridgehead atoms. The van der Waals surface area contributed by atoms with Crippen molar-refractivity contribution in [3.05, 3.63) is 48.3 Å². The Hall–Kier alpha value is -2.17. The third kappa shape index (κ3) is 2.25. The number of aromatic nitrogens is 3. The Morgan fingerprint density at radius 2 is 2.12 bits per heavy atom. The molecule has 0 spiro atoms. The van der Waals surface area contributed by atoms with Gasteiger partial charge in [-0.05, 0) is 0 Å². The molecule has 5 nitrogen and oxygen atoms in total. The maximum atomic E-state index is 11.0. The van der Waals surface area contributed by atoms with Crippen molar-refractivity contribution in [2.45, 2.75) is 13.2 Å². The minimum Gasteiger partial charge on any atom is -0.435 e. The quantitative estimate of drug-likeness (QED) is 0.729. The smallest absolute Gasteiger partial charge is 0.304 e. The first-order valence-electron chi connectivity index (χ1n) is 4.85. The molecule has 5 heteroatoms. The van der Waals surface area contributed by atoms with Crippen LogP contribution >= 0.6 is 0 Å². The van der Waals surface area contributed by atoms with E-state index in [1.807, 2.05) is 30.3 Å². The molecule has 0 amide bonds. The van der Waals surface area contributed by atoms with Gasteiger partial charge in [0.05, 0.1) is 6.20 Å². The number of hydrogen-bond acceptors (Lipinski definition) is 4. The molecule has 82 valence electrons. The summed E-state index contributed by atoms with van der Waals surface area (Å²) in [6.45, 7) is 1.37. The van der Waals surface area contributed by atoms with Gasteiger partial charge < -0.3 is 4.74 Å². The Bertz CT molecular complexity index is 453. The summed E-state index contributed by atoms with van der Waals surface area (Å²) in [6, 6.07) is 9.39. The Labute approximate surface area is 92.7 Å². The van der Waals surface area contributed by atoms with Crippen LogP contribution in [0.5, 0.6) is 0 Å². The number of carbonyl (C=O) groups is 1. The molecule has 0 aliphatic rings. The SMILES string of the molecule is CC(=O)OC(c1ccccc1)n1ccnn1. The van der Waals surface area contributed by atoms with Crippen molar-refractivity contribution in [2.75, 3.05) is 0 Å². The maximum Gasteiger partial charge on any atom is 0.304 e. The summed E-state index contributed by atoms with van der Waals surface area (Å²) >= 11 is 0. The summed E-state index contributed by atoms with van der Waals surface area (Å²) in [5, 5.41) is 7.53. The van der Waals surface area contributed by atoms with Crippen LogP contribution in [0.15, 0.2) is 42.7 Å². The molecule has 16 heavy (non-hydrogen) atoms. The number of rotatable bonds is 3. The normalized spacial score (nSPS) is 12.1. The molecule has 1 aromatic carbocycles. The third-order valence-corrected chi connectivity index (χ3v) is 2.04. The Morgan fingerprint density at radius 1 is 1.38 bits per heavy atom. The summed E-state index contributed by atoms with van der Waals surface area (Å²) < 4.78 is 6.70. The first-order valence-corrected chi connectivity index (χ1v) is 4.85. The van der Waals surface area contributed by atoms with Crippen LogP contribution in [0.25, 0.3) is 0 Å². The largest absolute Gasteiger partial charge is 0.435 e. The minimum atomic E-state index is -0.554. The summed E-state index contributed by atoms with van der Waals surface area (Å²) in [5.41, 5.74) is 0.850. The number of ether oxygens (including phenoxy) is 1. The van der Waals surface area contributed by atoms with Gasteiger partial charge in [0.15, 0.2) is 0 Å². The van der Waals surface area contributed by atoms with Gasteiger partial charge >= 0.3 is 5.97 Å². The maximum absolute atomic E-state index is 11.0. The average Bonchev–Trinajstić information content (AvgIpc) is 2.80. The predicted molar refractivity (Wildman–Crippen MR) is 56.4 cm³/mol. The molecule has 1 atom stereocenters. The van der Waals surface area contributed by atoms with Crippen molar-refractivity contribution in [1.82, 2.24) is 15.0 Å². The van der Waals surface area contributed by atoms with Crippen LogP contribution in [0.2, 0.25) is 0 Å². The fourth-order valence-corrected chi connectivity index (χ4v) is 1.39. The van der Waals surface area contributed by atoms with Gasteiger partial charge in [-0.1, -0.05) is 35.5 Å². The molecule has 0 aliphatic carbocycles. The Balaban J connectivity index is 2.32. The molecule has 0 N–H and O–H groups in total. The molecule has 0 saturated carbocycles. The second kappa shape index (κ2) is 4.57. The lowest BCUT2D eigenvalue weighted by molar-refractivity contribution is -0.148. The zero-order chi connectivity index (χ0) is 11.4. The highest BCUT2D eigenvalue weighted by Gasteiger charge is 2.16. The van der Waals surface area contributed by atoms with Gasteiger partial charge in [0.2, 0.25) is 6.23 Å². The first-order chi connectivity index (χ1) is 7.77. The molecule has 0 aliphatic heterocycles. The Morgan fingerprint density at radius 3 is 2.69 bits per heavy atom. The minimum absolute atomic E-state index is 0.357. The zero-order valence-electron chi connectivity index (χ0n) is 8.78. The molecule has 0 radical (unpaired) electrons. The van der Waals surface area contributed by atoms with E-state index in [1.165, 1.54) is 11.6 Å². The third-order valence-electron chi connectivity index (χ3n) is 2.04. The van der Waals surface area contributed by atoms with E-state index in [1.54, 1.807) is 12.4 Å². The van der Waals surface area contributed by atoms with E-state index in [9.17, 15) is 4.79 Å². The number of nitrogens with zero attached hydrogens (tertiary/aromatic N) is 3. The highest BCUT2D eigenvalue weighted by atomic mass is 16.6. The second-order valence-corrected chi connectivity index (χ2v) is 3.26. The summed E-state index contributed by atoms with van der Waals surface area (Å²) in [6.07, 6.45) is 2.64. The highest BCUT2D eigenvalue weighted by molar-refractivity contribution is 5.66. The van der Waals surface area contributed by atoms with Crippen molar-refractivity contribution in [3.63, 3.8) is 0 Å². The monoisotopic (exact) mass is 217 g/mol. The van der Waals surface area contributed by atoms with Crippen LogP contribution < -0.4 is 0 Å². The summed E-state index contributed by atoms with van der Waals surface area (Å²) in [5.74, 6) is -0.357. The van der Waals surface area contributed by atoms with Crippen molar-refractivity contribution in [3.8, 4) is 0 Å². The molecular weight excluding hydrogens is 206 g/mol. The van der Waals surface area contributed by atoms with E-state index >= 15 is 0 Å². The zero-order valence-corrected chi connectivity index (χ0v) is 8.78. The lowest BCUT2D eigenvalue weighted by Gasteiger charge is -2.16. The molecule has 2 aromatic rings. The van der Waals surface area contributed by atoms with E-state index in [-0.39, 0.29) is 5.97 Å². The van der Waals surface area contributed by atoms with Crippen molar-refractivity contribution in [1.29, 1.82) is 0 Å². The second-order valence-electron chi connectivity index (χ2n) is 3.26. The fourth-order valence-electron chi connectivity index (χ4n) is 1.39. The van der Waals surface area contributed by atoms with Crippen molar-refractivity contribution in [2.24, 2.45) is 0 Å². The molecule has 1 heterocycles. The van der Waals surface area contributed by atoms with Crippen LogP contribution in [-0.4, -0.2) is 21.0 Å². The van der Waals surface area contributed by atoms with Crippen molar-refractivity contribution < 1.29 is 9.53 Å². The molecule has 2 rings (SSSR count). The predicted octanol–water partition coefficient (Wildman–Crippen LogP) is 1.39. The van der Waals surface area contributed by atoms with E-state index in [2.05, 4.69) is 10.3 Å². The topological polar surface area (TPSA) is 57.0 Å². The van der Waals surface area contributed by atoms with Gasteiger partial charge in [0.25, 0.3) is 0 Å². The summed E-state index contributed by atoms with van der Waals surface area (Å²) in [4.78, 5) is 11.0. The van der Waals surface area contributed by atoms with Gasteiger partial charge in [-0.25, -0.2) is 4.68 Å². The molecule has 1 aromatic heterocycles. The number of hydrogen-bond donors (Lipinski definition) is 0. The molecular formula is C11H11N3O2. The van der Waals surface area contributed by atoms with Gasteiger partial charge in [0, 0.05) is 18.7 Å². The van der Waals surface area contributed by atoms with Crippen LogP contribution in [0.1, 0.15) is 18.7 Å². The molecule has 0 fully saturated rings. The van der Waals surface area contributed by atoms with E-state index in [0.29, 0.717) is 0 Å². The van der Waals surface area contributed by atoms with E-state index in [0.717, 1.165) is 5.56 Å². The van der Waals surface area contributed by atoms with Gasteiger partial charge in [-0.3, -0.25) is 4.79 Å². The fraction of sp³-hybridized carbons (Fsp3) is 0.182. The number of benzene rings is 1. The molecule has 1 unspecified atom stereocenters. The van der Waals surface area contributed by atoms with Crippen LogP contribution in [0, 0.1) is 0 Å². The summed E-state index contributed by atoms with van der Waals surface area (Å²) in [7, 11) is 0. The lowest BCUT2D eigenvalue weighted by Crippen LogP contribution is -2.17. The standard InChI is InChI=1S/C11H11N3O2/c1-9(15)16-11(14-8-7-12-13-14)10-5-3-2-4-6-10/h2-8,11H,1H3. The van der Waals surface area contributed by atoms with Crippen LogP contribution in [-0.2, 0) is 9.53 Å². The van der Waals surface area contributed by atoms with Crippen LogP contribution in [0.3, 0.4) is 0 Å². The van der Waals surface area contributed by atoms with E-state index < -0.39 is 6.23 Å². The number of carbonyl (C=O) groups excluding carboxylic acids is 1. The molecule has 0 saturated heterocycles.